The summed E-state index contributed by atoms with van der Waals surface area (Å²) in [5, 5.41) is 11.0. The zero-order valence-electron chi connectivity index (χ0n) is 21.0. The summed E-state index contributed by atoms with van der Waals surface area (Å²) in [5.74, 6) is 0.0222. The Kier molecular flexibility index (Phi) is 7.14. The number of rotatable bonds is 7. The molecular formula is C30H33N5O. The van der Waals surface area contributed by atoms with Crippen molar-refractivity contribution in [1.82, 2.24) is 20.4 Å². The second-order valence-corrected chi connectivity index (χ2v) is 9.30. The first-order valence-corrected chi connectivity index (χ1v) is 12.6. The minimum absolute atomic E-state index is 0.0222. The van der Waals surface area contributed by atoms with Crippen molar-refractivity contribution in [1.29, 1.82) is 0 Å². The summed E-state index contributed by atoms with van der Waals surface area (Å²) in [6.45, 7) is 6.16. The summed E-state index contributed by atoms with van der Waals surface area (Å²) in [6.07, 6.45) is 1.02. The Morgan fingerprint density at radius 2 is 1.44 bits per heavy atom. The van der Waals surface area contributed by atoms with Crippen molar-refractivity contribution >= 4 is 11.6 Å². The smallest absolute Gasteiger partial charge is 0.220 e. The van der Waals surface area contributed by atoms with Crippen molar-refractivity contribution in [2.75, 3.05) is 38.1 Å². The van der Waals surface area contributed by atoms with Crippen molar-refractivity contribution in [3.8, 4) is 28.1 Å². The number of amides is 1. The van der Waals surface area contributed by atoms with Crippen LogP contribution in [-0.2, 0) is 11.2 Å². The van der Waals surface area contributed by atoms with Gasteiger partial charge in [0, 0.05) is 57.3 Å². The third-order valence-corrected chi connectivity index (χ3v) is 6.79. The van der Waals surface area contributed by atoms with E-state index >= 15 is 0 Å². The van der Waals surface area contributed by atoms with Crippen molar-refractivity contribution < 1.29 is 4.79 Å². The molecule has 4 aromatic rings. The molecule has 6 nitrogen and oxygen atoms in total. The topological polar surface area (TPSA) is 62.2 Å². The maximum Gasteiger partial charge on any atom is 0.220 e. The molecule has 0 radical (unpaired) electrons. The van der Waals surface area contributed by atoms with Crippen LogP contribution < -0.4 is 15.5 Å². The lowest BCUT2D eigenvalue weighted by molar-refractivity contribution is -0.120. The number of aryl methyl sites for hydroxylation is 2. The monoisotopic (exact) mass is 479 g/mol. The van der Waals surface area contributed by atoms with Gasteiger partial charge in [0.1, 0.15) is 0 Å². The van der Waals surface area contributed by atoms with Crippen LogP contribution in [0.1, 0.15) is 17.7 Å². The van der Waals surface area contributed by atoms with Crippen LogP contribution in [-0.4, -0.2) is 48.9 Å². The quantitative estimate of drug-likeness (QED) is 0.407. The zero-order chi connectivity index (χ0) is 24.9. The molecule has 6 heteroatoms. The minimum Gasteiger partial charge on any atom is -0.369 e. The van der Waals surface area contributed by atoms with E-state index in [9.17, 15) is 4.79 Å². The fourth-order valence-electron chi connectivity index (χ4n) is 4.63. The van der Waals surface area contributed by atoms with E-state index in [4.69, 9.17) is 5.10 Å². The summed E-state index contributed by atoms with van der Waals surface area (Å²) >= 11 is 0. The third kappa shape index (κ3) is 5.34. The molecule has 184 valence electrons. The van der Waals surface area contributed by atoms with Gasteiger partial charge in [-0.1, -0.05) is 54.1 Å². The van der Waals surface area contributed by atoms with Gasteiger partial charge in [0.05, 0.1) is 17.1 Å². The van der Waals surface area contributed by atoms with Crippen LogP contribution >= 0.6 is 0 Å². The normalized spacial score (nSPS) is 13.6. The summed E-state index contributed by atoms with van der Waals surface area (Å²) in [5.41, 5.74) is 8.91. The molecule has 5 rings (SSSR count). The Bertz CT molecular complexity index is 1300. The highest BCUT2D eigenvalue weighted by atomic mass is 16.1. The highest BCUT2D eigenvalue weighted by Crippen LogP contribution is 2.29. The highest BCUT2D eigenvalue weighted by Gasteiger charge is 2.15. The van der Waals surface area contributed by atoms with E-state index in [1.165, 1.54) is 22.4 Å². The number of nitrogens with one attached hydrogen (secondary N) is 2. The lowest BCUT2D eigenvalue weighted by Gasteiger charge is -2.29. The molecule has 0 aliphatic carbocycles. The number of carbonyl (C=O) groups excluding carboxylic acids is 1. The van der Waals surface area contributed by atoms with E-state index in [0.717, 1.165) is 48.8 Å². The molecular weight excluding hydrogens is 446 g/mol. The minimum atomic E-state index is 0.0222. The van der Waals surface area contributed by atoms with Crippen molar-refractivity contribution in [2.24, 2.45) is 0 Å². The Balaban J connectivity index is 1.46. The standard InChI is InChI=1S/C30H33N5O/c1-22-3-5-23(6-4-22)24-7-9-25(10-8-24)29-21-26(11-16-30(36)31-2)33-35(29)28-14-12-27(13-15-28)34-19-17-32-18-20-34/h3-10,12-15,21,32H,11,16-20H2,1-2H3,(H,31,36). The molecule has 3 aromatic carbocycles. The molecule has 0 atom stereocenters. The van der Waals surface area contributed by atoms with E-state index in [2.05, 4.69) is 101 Å². The van der Waals surface area contributed by atoms with Crippen LogP contribution in [0.5, 0.6) is 0 Å². The largest absolute Gasteiger partial charge is 0.369 e. The predicted octanol–water partition coefficient (Wildman–Crippen LogP) is 4.60. The van der Waals surface area contributed by atoms with Crippen molar-refractivity contribution in [3.63, 3.8) is 0 Å². The lowest BCUT2D eigenvalue weighted by Crippen LogP contribution is -2.43. The summed E-state index contributed by atoms with van der Waals surface area (Å²) in [6, 6.07) is 28.0. The molecule has 2 heterocycles. The molecule has 1 fully saturated rings. The molecule has 0 unspecified atom stereocenters. The fourth-order valence-corrected chi connectivity index (χ4v) is 4.63. The van der Waals surface area contributed by atoms with Gasteiger partial charge in [0.2, 0.25) is 5.91 Å². The number of aromatic nitrogens is 2. The molecule has 36 heavy (non-hydrogen) atoms. The Hall–Kier alpha value is -3.90. The van der Waals surface area contributed by atoms with Gasteiger partial charge in [0.15, 0.2) is 0 Å². The first-order valence-electron chi connectivity index (χ1n) is 12.6. The summed E-state index contributed by atoms with van der Waals surface area (Å²) in [7, 11) is 1.67. The third-order valence-electron chi connectivity index (χ3n) is 6.79. The van der Waals surface area contributed by atoms with Gasteiger partial charge in [0.25, 0.3) is 0 Å². The van der Waals surface area contributed by atoms with Crippen LogP contribution in [0.3, 0.4) is 0 Å². The van der Waals surface area contributed by atoms with Crippen LogP contribution in [0, 0.1) is 6.92 Å². The number of benzene rings is 3. The molecule has 1 aliphatic rings. The van der Waals surface area contributed by atoms with Gasteiger partial charge >= 0.3 is 0 Å². The summed E-state index contributed by atoms with van der Waals surface area (Å²) in [4.78, 5) is 14.2. The maximum absolute atomic E-state index is 11.8. The SMILES string of the molecule is CNC(=O)CCc1cc(-c2ccc(-c3ccc(C)cc3)cc2)n(-c2ccc(N3CCNCC3)cc2)n1. The highest BCUT2D eigenvalue weighted by molar-refractivity contribution is 5.76. The van der Waals surface area contributed by atoms with Crippen molar-refractivity contribution in [3.05, 3.63) is 90.1 Å². The van der Waals surface area contributed by atoms with Gasteiger partial charge in [-0.3, -0.25) is 4.79 Å². The van der Waals surface area contributed by atoms with Gasteiger partial charge in [-0.25, -0.2) is 4.68 Å². The average molecular weight is 480 g/mol. The average Bonchev–Trinajstić information content (AvgIpc) is 3.37. The van der Waals surface area contributed by atoms with Gasteiger partial charge in [-0.15, -0.1) is 0 Å². The number of nitrogens with zero attached hydrogens (tertiary/aromatic N) is 3. The molecule has 1 saturated heterocycles. The fraction of sp³-hybridized carbons (Fsp3) is 0.267. The Labute approximate surface area is 213 Å². The van der Waals surface area contributed by atoms with Crippen LogP contribution in [0.25, 0.3) is 28.1 Å². The molecule has 1 aliphatic heterocycles. The molecule has 0 bridgehead atoms. The molecule has 1 aromatic heterocycles. The van der Waals surface area contributed by atoms with E-state index in [0.29, 0.717) is 12.8 Å². The first kappa shape index (κ1) is 23.8. The van der Waals surface area contributed by atoms with E-state index < -0.39 is 0 Å². The second-order valence-electron chi connectivity index (χ2n) is 9.30. The zero-order valence-corrected chi connectivity index (χ0v) is 21.0. The number of piperazine rings is 1. The van der Waals surface area contributed by atoms with E-state index in [1.54, 1.807) is 7.05 Å². The molecule has 1 amide bonds. The number of hydrogen-bond donors (Lipinski definition) is 2. The van der Waals surface area contributed by atoms with Crippen LogP contribution in [0.4, 0.5) is 5.69 Å². The molecule has 2 N–H and O–H groups in total. The lowest BCUT2D eigenvalue weighted by atomic mass is 10.0. The maximum atomic E-state index is 11.8. The summed E-state index contributed by atoms with van der Waals surface area (Å²) < 4.78 is 2.00. The predicted molar refractivity (Wildman–Crippen MR) is 147 cm³/mol. The second kappa shape index (κ2) is 10.8. The molecule has 0 saturated carbocycles. The van der Waals surface area contributed by atoms with Crippen molar-refractivity contribution in [2.45, 2.75) is 19.8 Å². The Morgan fingerprint density at radius 1 is 0.861 bits per heavy atom. The Morgan fingerprint density at radius 3 is 2.08 bits per heavy atom. The van der Waals surface area contributed by atoms with Crippen LogP contribution in [0.2, 0.25) is 0 Å². The van der Waals surface area contributed by atoms with Crippen LogP contribution in [0.15, 0.2) is 78.9 Å². The number of hydrogen-bond acceptors (Lipinski definition) is 4. The number of anilines is 1. The first-order chi connectivity index (χ1) is 17.6. The van der Waals surface area contributed by atoms with Gasteiger partial charge in [-0.2, -0.15) is 5.10 Å². The molecule has 0 spiro atoms. The van der Waals surface area contributed by atoms with E-state index in [-0.39, 0.29) is 5.91 Å². The van der Waals surface area contributed by atoms with Gasteiger partial charge in [-0.05, 0) is 48.4 Å². The number of carbonyl (C=O) groups is 1. The van der Waals surface area contributed by atoms with E-state index in [1.807, 2.05) is 4.68 Å². The van der Waals surface area contributed by atoms with Gasteiger partial charge < -0.3 is 15.5 Å².